The number of fused-ring (bicyclic) bond motifs is 1. The number of aromatic nitrogens is 2. The number of amides is 1. The van der Waals surface area contributed by atoms with Gasteiger partial charge in [-0.15, -0.1) is 0 Å². The Hall–Kier alpha value is -1.91. The van der Waals surface area contributed by atoms with Crippen LogP contribution in [0.25, 0.3) is 0 Å². The van der Waals surface area contributed by atoms with Crippen LogP contribution in [0.2, 0.25) is 0 Å². The van der Waals surface area contributed by atoms with Gasteiger partial charge in [0.25, 0.3) is 0 Å². The van der Waals surface area contributed by atoms with Crippen LogP contribution in [0.5, 0.6) is 0 Å². The van der Waals surface area contributed by atoms with Crippen molar-refractivity contribution in [1.82, 2.24) is 14.9 Å². The molecule has 0 aromatic carbocycles. The van der Waals surface area contributed by atoms with Gasteiger partial charge in [-0.1, -0.05) is 19.1 Å². The van der Waals surface area contributed by atoms with Gasteiger partial charge in [0.1, 0.15) is 12.1 Å². The van der Waals surface area contributed by atoms with Crippen LogP contribution in [0.4, 0.5) is 5.82 Å². The minimum atomic E-state index is -0.230. The third kappa shape index (κ3) is 3.04. The Kier molecular flexibility index (Phi) is 4.02. The van der Waals surface area contributed by atoms with Crippen molar-refractivity contribution in [2.24, 2.45) is 5.41 Å². The van der Waals surface area contributed by atoms with Crippen LogP contribution in [0.3, 0.4) is 0 Å². The summed E-state index contributed by atoms with van der Waals surface area (Å²) in [6.45, 7) is 3.67. The summed E-state index contributed by atoms with van der Waals surface area (Å²) in [7, 11) is 0. The van der Waals surface area contributed by atoms with Gasteiger partial charge < -0.3 is 10.2 Å². The van der Waals surface area contributed by atoms with E-state index in [1.165, 1.54) is 18.4 Å². The van der Waals surface area contributed by atoms with Crippen LogP contribution in [-0.4, -0.2) is 39.9 Å². The number of nitrogens with one attached hydrogen (secondary N) is 1. The highest BCUT2D eigenvalue weighted by molar-refractivity contribution is 5.83. The highest BCUT2D eigenvalue weighted by atomic mass is 16.2. The fourth-order valence-corrected chi connectivity index (χ4v) is 3.82. The van der Waals surface area contributed by atoms with E-state index in [1.807, 2.05) is 0 Å². The third-order valence-corrected chi connectivity index (χ3v) is 5.60. The summed E-state index contributed by atoms with van der Waals surface area (Å²) in [5.41, 5.74) is 2.09. The molecular weight excluding hydrogens is 300 g/mol. The molecule has 1 aromatic rings. The highest BCUT2D eigenvalue weighted by Crippen LogP contribution is 2.35. The number of hydrogen-bond donors (Lipinski definition) is 1. The fourth-order valence-electron chi connectivity index (χ4n) is 3.82. The van der Waals surface area contributed by atoms with E-state index < -0.39 is 0 Å². The average molecular weight is 326 g/mol. The zero-order chi connectivity index (χ0) is 16.6. The van der Waals surface area contributed by atoms with Crippen molar-refractivity contribution in [1.29, 1.82) is 0 Å². The summed E-state index contributed by atoms with van der Waals surface area (Å²) in [5, 5.41) is 3.52. The number of nitrogens with zero attached hydrogens (tertiary/aromatic N) is 3. The Morgan fingerprint density at radius 1 is 1.25 bits per heavy atom. The Bertz CT molecular complexity index is 667. The Morgan fingerprint density at radius 2 is 2.08 bits per heavy atom. The van der Waals surface area contributed by atoms with Crippen molar-refractivity contribution >= 4 is 11.7 Å². The van der Waals surface area contributed by atoms with Crippen molar-refractivity contribution in [3.05, 3.63) is 29.7 Å². The molecule has 5 nitrogen and oxygen atoms in total. The Morgan fingerprint density at radius 3 is 2.83 bits per heavy atom. The molecule has 0 radical (unpaired) electrons. The van der Waals surface area contributed by atoms with Crippen molar-refractivity contribution in [2.75, 3.05) is 18.4 Å². The summed E-state index contributed by atoms with van der Waals surface area (Å²) in [6.07, 6.45) is 13.0. The standard InChI is InChI=1S/C19H26N4O/c1-19(9-3-2-4-10-19)18(24)23-11-7-15-16(8-12-23)20-13-21-17(15)22-14-5-6-14/h2-3,13-14H,4-12H2,1H3,(H,20,21,22). The quantitative estimate of drug-likeness (QED) is 0.868. The molecule has 0 bridgehead atoms. The second-order valence-electron chi connectivity index (χ2n) is 7.63. The van der Waals surface area contributed by atoms with Crippen molar-refractivity contribution < 1.29 is 4.79 Å². The molecule has 24 heavy (non-hydrogen) atoms. The molecule has 1 saturated carbocycles. The first-order chi connectivity index (χ1) is 11.7. The first-order valence-electron chi connectivity index (χ1n) is 9.19. The number of hydrogen-bond acceptors (Lipinski definition) is 4. The molecule has 0 saturated heterocycles. The van der Waals surface area contributed by atoms with Gasteiger partial charge >= 0.3 is 0 Å². The molecule has 3 aliphatic rings. The molecule has 2 aliphatic carbocycles. The summed E-state index contributed by atoms with van der Waals surface area (Å²) in [5.74, 6) is 1.30. The van der Waals surface area contributed by atoms with Crippen LogP contribution in [0.15, 0.2) is 18.5 Å². The second-order valence-corrected chi connectivity index (χ2v) is 7.63. The second kappa shape index (κ2) is 6.19. The van der Waals surface area contributed by atoms with Crippen LogP contribution in [0, 0.1) is 5.41 Å². The van der Waals surface area contributed by atoms with E-state index in [0.29, 0.717) is 11.9 Å². The number of anilines is 1. The number of rotatable bonds is 3. The molecule has 5 heteroatoms. The molecule has 1 aromatic heterocycles. The van der Waals surface area contributed by atoms with E-state index in [1.54, 1.807) is 6.33 Å². The smallest absolute Gasteiger partial charge is 0.228 e. The summed E-state index contributed by atoms with van der Waals surface area (Å²) >= 11 is 0. The number of allylic oxidation sites excluding steroid dienone is 2. The zero-order valence-electron chi connectivity index (χ0n) is 14.4. The molecule has 1 amide bonds. The molecule has 1 atom stereocenters. The van der Waals surface area contributed by atoms with Gasteiger partial charge in [0.05, 0.1) is 11.1 Å². The van der Waals surface area contributed by atoms with Gasteiger partial charge in [0.2, 0.25) is 5.91 Å². The molecule has 0 spiro atoms. The molecule has 4 rings (SSSR count). The van der Waals surface area contributed by atoms with Crippen LogP contribution >= 0.6 is 0 Å². The molecule has 2 heterocycles. The SMILES string of the molecule is CC1(C(=O)N2CCc3ncnc(NC4CC4)c3CC2)CC=CCC1. The van der Waals surface area contributed by atoms with Crippen LogP contribution < -0.4 is 5.32 Å². The normalized spacial score (nSPS) is 26.6. The van der Waals surface area contributed by atoms with Gasteiger partial charge in [0, 0.05) is 31.1 Å². The Labute approximate surface area is 143 Å². The molecule has 1 unspecified atom stereocenters. The van der Waals surface area contributed by atoms with E-state index in [2.05, 4.69) is 39.3 Å². The monoisotopic (exact) mass is 326 g/mol. The van der Waals surface area contributed by atoms with Crippen molar-refractivity contribution in [3.63, 3.8) is 0 Å². The summed E-state index contributed by atoms with van der Waals surface area (Å²) in [4.78, 5) is 24.1. The van der Waals surface area contributed by atoms with Gasteiger partial charge in [-0.2, -0.15) is 0 Å². The lowest BCUT2D eigenvalue weighted by Crippen LogP contribution is -2.44. The largest absolute Gasteiger partial charge is 0.367 e. The number of carbonyl (C=O) groups is 1. The lowest BCUT2D eigenvalue weighted by Gasteiger charge is -2.35. The fraction of sp³-hybridized carbons (Fsp3) is 0.632. The third-order valence-electron chi connectivity index (χ3n) is 5.60. The van der Waals surface area contributed by atoms with E-state index in [-0.39, 0.29) is 5.41 Å². The number of carbonyl (C=O) groups excluding carboxylic acids is 1. The minimum absolute atomic E-state index is 0.230. The summed E-state index contributed by atoms with van der Waals surface area (Å²) in [6, 6.07) is 0.581. The Balaban J connectivity index is 1.50. The zero-order valence-corrected chi connectivity index (χ0v) is 14.4. The molecule has 128 valence electrons. The molecule has 1 N–H and O–H groups in total. The van der Waals surface area contributed by atoms with E-state index in [9.17, 15) is 4.79 Å². The van der Waals surface area contributed by atoms with E-state index in [0.717, 1.165) is 56.7 Å². The topological polar surface area (TPSA) is 58.1 Å². The van der Waals surface area contributed by atoms with Gasteiger partial charge in [-0.3, -0.25) is 4.79 Å². The maximum atomic E-state index is 13.1. The minimum Gasteiger partial charge on any atom is -0.367 e. The van der Waals surface area contributed by atoms with Crippen LogP contribution in [0.1, 0.15) is 50.3 Å². The van der Waals surface area contributed by atoms with Gasteiger partial charge in [-0.25, -0.2) is 9.97 Å². The average Bonchev–Trinajstić information content (AvgIpc) is 3.41. The molecule has 1 aliphatic heterocycles. The maximum absolute atomic E-state index is 13.1. The predicted molar refractivity (Wildman–Crippen MR) is 93.8 cm³/mol. The first-order valence-corrected chi connectivity index (χ1v) is 9.19. The maximum Gasteiger partial charge on any atom is 0.228 e. The van der Waals surface area contributed by atoms with Crippen LogP contribution in [-0.2, 0) is 17.6 Å². The highest BCUT2D eigenvalue weighted by Gasteiger charge is 2.37. The molecule has 1 fully saturated rings. The van der Waals surface area contributed by atoms with E-state index in [4.69, 9.17) is 0 Å². The predicted octanol–water partition coefficient (Wildman–Crippen LogP) is 2.72. The van der Waals surface area contributed by atoms with Gasteiger partial charge in [0.15, 0.2) is 0 Å². The van der Waals surface area contributed by atoms with E-state index >= 15 is 0 Å². The first kappa shape index (κ1) is 15.6. The lowest BCUT2D eigenvalue weighted by molar-refractivity contribution is -0.141. The van der Waals surface area contributed by atoms with Crippen molar-refractivity contribution in [3.8, 4) is 0 Å². The lowest BCUT2D eigenvalue weighted by atomic mass is 9.77. The molecular formula is C19H26N4O. The van der Waals surface area contributed by atoms with Crippen molar-refractivity contribution in [2.45, 2.75) is 57.9 Å². The summed E-state index contributed by atoms with van der Waals surface area (Å²) < 4.78 is 0. The van der Waals surface area contributed by atoms with Gasteiger partial charge in [-0.05, 0) is 38.5 Å².